The van der Waals surface area contributed by atoms with Crippen LogP contribution < -0.4 is 15.6 Å². The lowest BCUT2D eigenvalue weighted by atomic mass is 10.2. The highest BCUT2D eigenvalue weighted by Crippen LogP contribution is 2.18. The van der Waals surface area contributed by atoms with E-state index in [4.69, 9.17) is 9.47 Å². The van der Waals surface area contributed by atoms with Gasteiger partial charge in [0, 0.05) is 33.0 Å². The fourth-order valence-electron chi connectivity index (χ4n) is 3.55. The van der Waals surface area contributed by atoms with Gasteiger partial charge in [-0.05, 0) is 42.3 Å². The van der Waals surface area contributed by atoms with Crippen molar-refractivity contribution in [1.29, 1.82) is 0 Å². The molecule has 0 radical (unpaired) electrons. The molecule has 8 nitrogen and oxygen atoms in total. The van der Waals surface area contributed by atoms with Gasteiger partial charge in [-0.1, -0.05) is 18.2 Å². The molecule has 0 spiro atoms. The second-order valence-corrected chi connectivity index (χ2v) is 7.14. The van der Waals surface area contributed by atoms with Crippen molar-refractivity contribution in [1.82, 2.24) is 19.3 Å². The Bertz CT molecular complexity index is 1270. The third-order valence-electron chi connectivity index (χ3n) is 5.15. The van der Waals surface area contributed by atoms with Gasteiger partial charge in [0.25, 0.3) is 11.5 Å². The van der Waals surface area contributed by atoms with E-state index in [1.54, 1.807) is 43.2 Å². The van der Waals surface area contributed by atoms with Gasteiger partial charge in [-0.25, -0.2) is 4.98 Å². The molecule has 0 saturated carbocycles. The first-order valence-electron chi connectivity index (χ1n) is 10.0. The fraction of sp³-hybridized carbons (Fsp3) is 0.261. The second kappa shape index (κ2) is 9.01. The van der Waals surface area contributed by atoms with Crippen molar-refractivity contribution in [3.05, 3.63) is 76.3 Å². The van der Waals surface area contributed by atoms with E-state index in [1.807, 2.05) is 30.3 Å². The number of amides is 1. The van der Waals surface area contributed by atoms with E-state index in [1.165, 1.54) is 4.40 Å². The van der Waals surface area contributed by atoms with Crippen molar-refractivity contribution in [2.24, 2.45) is 0 Å². The largest absolute Gasteiger partial charge is 0.497 e. The summed E-state index contributed by atoms with van der Waals surface area (Å²) in [7, 11) is 3.24. The van der Waals surface area contributed by atoms with Crippen LogP contribution in [0.1, 0.15) is 22.5 Å². The summed E-state index contributed by atoms with van der Waals surface area (Å²) in [6, 6.07) is 14.5. The Kier molecular flexibility index (Phi) is 5.99. The SMILES string of the molecule is COCCCn1c(C(=O)NCc2ccc(OC)cc2)cc2c(=O)n3ccccc3nc21. The molecule has 4 aromatic rings. The molecular weight excluding hydrogens is 396 g/mol. The van der Waals surface area contributed by atoms with E-state index in [9.17, 15) is 9.59 Å². The number of carbonyl (C=O) groups is 1. The molecule has 0 atom stereocenters. The van der Waals surface area contributed by atoms with E-state index in [0.29, 0.717) is 48.5 Å². The van der Waals surface area contributed by atoms with E-state index >= 15 is 0 Å². The molecule has 0 saturated heterocycles. The maximum Gasteiger partial charge on any atom is 0.268 e. The predicted molar refractivity (Wildman–Crippen MR) is 118 cm³/mol. The monoisotopic (exact) mass is 420 g/mol. The highest BCUT2D eigenvalue weighted by molar-refractivity contribution is 5.98. The molecular formula is C23H24N4O4. The van der Waals surface area contributed by atoms with E-state index < -0.39 is 0 Å². The van der Waals surface area contributed by atoms with Crippen molar-refractivity contribution in [2.45, 2.75) is 19.5 Å². The topological polar surface area (TPSA) is 86.9 Å². The molecule has 1 N–H and O–H groups in total. The maximum atomic E-state index is 13.0. The summed E-state index contributed by atoms with van der Waals surface area (Å²) < 4.78 is 13.6. The average molecular weight is 420 g/mol. The minimum atomic E-state index is -0.264. The zero-order valence-corrected chi connectivity index (χ0v) is 17.5. The van der Waals surface area contributed by atoms with Gasteiger partial charge in [-0.2, -0.15) is 0 Å². The van der Waals surface area contributed by atoms with Crippen LogP contribution in [0.4, 0.5) is 0 Å². The van der Waals surface area contributed by atoms with Crippen molar-refractivity contribution in [3.63, 3.8) is 0 Å². The number of nitrogens with one attached hydrogen (secondary N) is 1. The third-order valence-corrected chi connectivity index (χ3v) is 5.15. The molecule has 3 aromatic heterocycles. The number of hydrogen-bond donors (Lipinski definition) is 1. The average Bonchev–Trinajstić information content (AvgIpc) is 3.17. The summed E-state index contributed by atoms with van der Waals surface area (Å²) in [5.74, 6) is 0.492. The second-order valence-electron chi connectivity index (χ2n) is 7.14. The van der Waals surface area contributed by atoms with Crippen LogP contribution in [-0.2, 0) is 17.8 Å². The Hall–Kier alpha value is -3.65. The number of fused-ring (bicyclic) bond motifs is 2. The Balaban J connectivity index is 1.69. The number of carbonyl (C=O) groups excluding carboxylic acids is 1. The number of ether oxygens (including phenoxy) is 2. The lowest BCUT2D eigenvalue weighted by Gasteiger charge is -2.11. The minimum Gasteiger partial charge on any atom is -0.497 e. The lowest BCUT2D eigenvalue weighted by Crippen LogP contribution is -2.25. The van der Waals surface area contributed by atoms with E-state index in [2.05, 4.69) is 10.3 Å². The van der Waals surface area contributed by atoms with Crippen LogP contribution in [0.5, 0.6) is 5.75 Å². The normalized spacial score (nSPS) is 11.2. The Morgan fingerprint density at radius 3 is 2.68 bits per heavy atom. The van der Waals surface area contributed by atoms with Gasteiger partial charge in [0.2, 0.25) is 0 Å². The number of pyridine rings is 1. The summed E-state index contributed by atoms with van der Waals surface area (Å²) in [5.41, 5.74) is 2.19. The molecule has 3 heterocycles. The number of methoxy groups -OCH3 is 2. The highest BCUT2D eigenvalue weighted by atomic mass is 16.5. The Labute approximate surface area is 179 Å². The standard InChI is InChI=1S/C23H24N4O4/c1-30-13-5-12-26-19(22(28)24-15-16-7-9-17(31-2)10-8-16)14-18-21(26)25-20-6-3-4-11-27(20)23(18)29/h3-4,6-11,14H,5,12-13,15H2,1-2H3,(H,24,28). The van der Waals surface area contributed by atoms with Crippen LogP contribution in [0.15, 0.2) is 59.5 Å². The van der Waals surface area contributed by atoms with Crippen molar-refractivity contribution < 1.29 is 14.3 Å². The van der Waals surface area contributed by atoms with E-state index in [-0.39, 0.29) is 11.5 Å². The number of nitrogens with zero attached hydrogens (tertiary/aromatic N) is 3. The van der Waals surface area contributed by atoms with Gasteiger partial charge in [0.05, 0.1) is 12.5 Å². The molecule has 0 aliphatic rings. The molecule has 31 heavy (non-hydrogen) atoms. The smallest absolute Gasteiger partial charge is 0.268 e. The van der Waals surface area contributed by atoms with E-state index in [0.717, 1.165) is 11.3 Å². The number of hydrogen-bond acceptors (Lipinski definition) is 5. The molecule has 0 fully saturated rings. The van der Waals surface area contributed by atoms with Crippen molar-refractivity contribution in [2.75, 3.05) is 20.8 Å². The molecule has 0 aliphatic carbocycles. The van der Waals surface area contributed by atoms with Gasteiger partial charge >= 0.3 is 0 Å². The summed E-state index contributed by atoms with van der Waals surface area (Å²) in [4.78, 5) is 30.7. The van der Waals surface area contributed by atoms with Gasteiger partial charge in [-0.15, -0.1) is 0 Å². The first-order chi connectivity index (χ1) is 15.1. The van der Waals surface area contributed by atoms with Crippen LogP contribution in [0.2, 0.25) is 0 Å². The third kappa shape index (κ3) is 4.15. The highest BCUT2D eigenvalue weighted by Gasteiger charge is 2.19. The summed E-state index contributed by atoms with van der Waals surface area (Å²) >= 11 is 0. The van der Waals surface area contributed by atoms with Crippen LogP contribution in [0.25, 0.3) is 16.7 Å². The summed E-state index contributed by atoms with van der Waals surface area (Å²) in [6.45, 7) is 1.41. The quantitative estimate of drug-likeness (QED) is 0.443. The van der Waals surface area contributed by atoms with Gasteiger partial charge in [0.1, 0.15) is 22.7 Å². The van der Waals surface area contributed by atoms with Crippen LogP contribution >= 0.6 is 0 Å². The summed E-state index contributed by atoms with van der Waals surface area (Å²) in [5, 5.41) is 3.35. The zero-order valence-electron chi connectivity index (χ0n) is 17.5. The van der Waals surface area contributed by atoms with Crippen molar-refractivity contribution in [3.8, 4) is 5.75 Å². The molecule has 0 unspecified atom stereocenters. The van der Waals surface area contributed by atoms with Gasteiger partial charge in [-0.3, -0.25) is 14.0 Å². The number of aryl methyl sites for hydroxylation is 1. The van der Waals surface area contributed by atoms with Crippen LogP contribution in [0, 0.1) is 0 Å². The molecule has 4 rings (SSSR count). The summed E-state index contributed by atoms with van der Waals surface area (Å²) in [6.07, 6.45) is 2.37. The van der Waals surface area contributed by atoms with Gasteiger partial charge in [0.15, 0.2) is 0 Å². The van der Waals surface area contributed by atoms with Gasteiger partial charge < -0.3 is 19.4 Å². The number of rotatable bonds is 8. The number of aromatic nitrogens is 3. The maximum absolute atomic E-state index is 13.0. The molecule has 160 valence electrons. The molecule has 0 aliphatic heterocycles. The molecule has 0 bridgehead atoms. The Morgan fingerprint density at radius 1 is 1.13 bits per heavy atom. The first kappa shape index (κ1) is 20.6. The van der Waals surface area contributed by atoms with Crippen LogP contribution in [-0.4, -0.2) is 40.7 Å². The molecule has 8 heteroatoms. The first-order valence-corrected chi connectivity index (χ1v) is 10.0. The predicted octanol–water partition coefficient (Wildman–Crippen LogP) is 2.62. The lowest BCUT2D eigenvalue weighted by molar-refractivity contribution is 0.0941. The molecule has 1 aromatic carbocycles. The minimum absolute atomic E-state index is 0.199. The fourth-order valence-corrected chi connectivity index (χ4v) is 3.55. The van der Waals surface area contributed by atoms with Crippen LogP contribution in [0.3, 0.4) is 0 Å². The molecule has 1 amide bonds. The van der Waals surface area contributed by atoms with Crippen molar-refractivity contribution >= 4 is 22.6 Å². The Morgan fingerprint density at radius 2 is 1.94 bits per heavy atom. The zero-order chi connectivity index (χ0) is 21.8. The number of benzene rings is 1.